The summed E-state index contributed by atoms with van der Waals surface area (Å²) < 4.78 is 19.7. The van der Waals surface area contributed by atoms with Gasteiger partial charge in [0.2, 0.25) is 11.8 Å². The third kappa shape index (κ3) is 7.02. The van der Waals surface area contributed by atoms with Crippen LogP contribution in [0.25, 0.3) is 6.08 Å². The molecule has 2 aromatic carbocycles. The summed E-state index contributed by atoms with van der Waals surface area (Å²) in [4.78, 5) is 28.6. The molecule has 0 radical (unpaired) electrons. The number of thiophene rings is 1. The number of hydrogen-bond acceptors (Lipinski definition) is 4. The van der Waals surface area contributed by atoms with Crippen molar-refractivity contribution in [2.24, 2.45) is 0 Å². The van der Waals surface area contributed by atoms with Crippen LogP contribution in [0.5, 0.6) is 5.75 Å². The number of nitrogens with zero attached hydrogens (tertiary/aromatic N) is 1. The summed E-state index contributed by atoms with van der Waals surface area (Å²) in [6.45, 7) is 1.26. The fourth-order valence-electron chi connectivity index (χ4n) is 4.11. The minimum Gasteiger partial charge on any atom is -0.493 e. The molecule has 182 valence electrons. The lowest BCUT2D eigenvalue weighted by Crippen LogP contribution is -2.47. The van der Waals surface area contributed by atoms with Gasteiger partial charge in [-0.05, 0) is 66.1 Å². The predicted molar refractivity (Wildman–Crippen MR) is 137 cm³/mol. The highest BCUT2D eigenvalue weighted by Gasteiger charge is 2.30. The van der Waals surface area contributed by atoms with Gasteiger partial charge in [-0.3, -0.25) is 9.59 Å². The molecule has 1 atom stereocenters. The standard InChI is InChI=1S/C28H29FN2O3S/c29-25-11-2-1-8-22(25)15-17-34-23-9-5-7-21(19-23)20-31(26-12-3-4-16-30-28(26)33)27(32)14-13-24-10-6-18-35-24/h1-2,5-11,13-14,18-19,26H,3-4,12,15-17,20H2,(H,30,33)/t26-/m0/s1. The fourth-order valence-corrected chi connectivity index (χ4v) is 4.73. The Labute approximate surface area is 209 Å². The van der Waals surface area contributed by atoms with Crippen molar-refractivity contribution in [3.05, 3.63) is 93.9 Å². The first-order chi connectivity index (χ1) is 17.1. The Bertz CT molecular complexity index is 1160. The van der Waals surface area contributed by atoms with E-state index in [9.17, 15) is 14.0 Å². The quantitative estimate of drug-likeness (QED) is 0.417. The highest BCUT2D eigenvalue weighted by Crippen LogP contribution is 2.21. The number of nitrogens with one attached hydrogen (secondary N) is 1. The number of halogens is 1. The lowest BCUT2D eigenvalue weighted by Gasteiger charge is -2.29. The van der Waals surface area contributed by atoms with Crippen LogP contribution in [0.2, 0.25) is 0 Å². The van der Waals surface area contributed by atoms with Crippen LogP contribution in [0.15, 0.2) is 72.1 Å². The van der Waals surface area contributed by atoms with E-state index >= 15 is 0 Å². The van der Waals surface area contributed by atoms with Crippen molar-refractivity contribution < 1.29 is 18.7 Å². The molecule has 1 aromatic heterocycles. The number of ether oxygens (including phenoxy) is 1. The fraction of sp³-hybridized carbons (Fsp3) is 0.286. The van der Waals surface area contributed by atoms with Gasteiger partial charge in [0, 0.05) is 30.5 Å². The van der Waals surface area contributed by atoms with Gasteiger partial charge in [0.25, 0.3) is 0 Å². The van der Waals surface area contributed by atoms with E-state index in [2.05, 4.69) is 5.32 Å². The van der Waals surface area contributed by atoms with E-state index in [4.69, 9.17) is 4.74 Å². The van der Waals surface area contributed by atoms with Gasteiger partial charge in [-0.1, -0.05) is 36.4 Å². The Hall–Kier alpha value is -3.45. The number of carbonyl (C=O) groups excluding carboxylic acids is 2. The number of hydrogen-bond donors (Lipinski definition) is 1. The van der Waals surface area contributed by atoms with E-state index in [0.717, 1.165) is 23.3 Å². The van der Waals surface area contributed by atoms with Crippen molar-refractivity contribution in [3.8, 4) is 5.75 Å². The van der Waals surface area contributed by atoms with Crippen LogP contribution in [0.3, 0.4) is 0 Å². The second kappa shape index (κ2) is 12.3. The van der Waals surface area contributed by atoms with Crippen molar-refractivity contribution >= 4 is 29.2 Å². The summed E-state index contributed by atoms with van der Waals surface area (Å²) in [5.74, 6) is 0.0889. The number of rotatable bonds is 9. The summed E-state index contributed by atoms with van der Waals surface area (Å²) in [7, 11) is 0. The molecule has 3 aromatic rings. The predicted octanol–water partition coefficient (Wildman–Crippen LogP) is 5.22. The van der Waals surface area contributed by atoms with E-state index in [1.807, 2.05) is 41.8 Å². The van der Waals surface area contributed by atoms with Crippen LogP contribution >= 0.6 is 11.3 Å². The maximum atomic E-state index is 13.9. The molecule has 0 spiro atoms. The maximum Gasteiger partial charge on any atom is 0.247 e. The molecule has 2 heterocycles. The van der Waals surface area contributed by atoms with Crippen LogP contribution in [0.1, 0.15) is 35.3 Å². The molecule has 7 heteroatoms. The lowest BCUT2D eigenvalue weighted by atomic mass is 10.1. The third-order valence-corrected chi connectivity index (χ3v) is 6.79. The Morgan fingerprint density at radius 3 is 2.86 bits per heavy atom. The van der Waals surface area contributed by atoms with E-state index in [1.165, 1.54) is 6.07 Å². The molecule has 0 unspecified atom stereocenters. The molecule has 1 saturated heterocycles. The second-order valence-corrected chi connectivity index (χ2v) is 9.43. The lowest BCUT2D eigenvalue weighted by molar-refractivity contribution is -0.137. The van der Waals surface area contributed by atoms with Gasteiger partial charge < -0.3 is 15.0 Å². The summed E-state index contributed by atoms with van der Waals surface area (Å²) in [6.07, 6.45) is 6.19. The topological polar surface area (TPSA) is 58.6 Å². The van der Waals surface area contributed by atoms with Gasteiger partial charge >= 0.3 is 0 Å². The number of benzene rings is 2. The highest BCUT2D eigenvalue weighted by molar-refractivity contribution is 7.10. The Morgan fingerprint density at radius 1 is 1.14 bits per heavy atom. The molecule has 1 aliphatic heterocycles. The molecule has 0 saturated carbocycles. The minimum atomic E-state index is -0.524. The average Bonchev–Trinajstić information content (AvgIpc) is 3.30. The monoisotopic (exact) mass is 492 g/mol. The highest BCUT2D eigenvalue weighted by atomic mass is 32.1. The maximum absolute atomic E-state index is 13.9. The average molecular weight is 493 g/mol. The van der Waals surface area contributed by atoms with Gasteiger partial charge in [-0.15, -0.1) is 11.3 Å². The van der Waals surface area contributed by atoms with Gasteiger partial charge in [-0.2, -0.15) is 0 Å². The Balaban J connectivity index is 1.47. The van der Waals surface area contributed by atoms with Crippen LogP contribution < -0.4 is 10.1 Å². The van der Waals surface area contributed by atoms with E-state index in [-0.39, 0.29) is 24.2 Å². The molecule has 0 aliphatic carbocycles. The molecule has 1 fully saturated rings. The van der Waals surface area contributed by atoms with E-state index in [1.54, 1.807) is 46.6 Å². The molecular weight excluding hydrogens is 463 g/mol. The Morgan fingerprint density at radius 2 is 2.03 bits per heavy atom. The molecular formula is C28H29FN2O3S. The zero-order chi connectivity index (χ0) is 24.5. The van der Waals surface area contributed by atoms with Crippen LogP contribution in [-0.2, 0) is 22.6 Å². The molecule has 4 rings (SSSR count). The zero-order valence-electron chi connectivity index (χ0n) is 19.5. The van der Waals surface area contributed by atoms with Gasteiger partial charge in [0.15, 0.2) is 0 Å². The number of carbonyl (C=O) groups is 2. The first kappa shape index (κ1) is 24.7. The molecule has 0 bridgehead atoms. The van der Waals surface area contributed by atoms with Crippen molar-refractivity contribution in [1.29, 1.82) is 0 Å². The van der Waals surface area contributed by atoms with Crippen LogP contribution in [-0.4, -0.2) is 35.9 Å². The van der Waals surface area contributed by atoms with Crippen molar-refractivity contribution in [3.63, 3.8) is 0 Å². The second-order valence-electron chi connectivity index (χ2n) is 8.45. The molecule has 1 aliphatic rings. The summed E-state index contributed by atoms with van der Waals surface area (Å²) in [5.41, 5.74) is 1.47. The SMILES string of the molecule is O=C1NCCCC[C@@H]1N(Cc1cccc(OCCc2ccccc2F)c1)C(=O)C=Cc1cccs1. The third-order valence-electron chi connectivity index (χ3n) is 5.95. The van der Waals surface area contributed by atoms with Crippen molar-refractivity contribution in [2.45, 2.75) is 38.3 Å². The molecule has 5 nitrogen and oxygen atoms in total. The molecule has 35 heavy (non-hydrogen) atoms. The van der Waals surface area contributed by atoms with Crippen LogP contribution in [0, 0.1) is 5.82 Å². The molecule has 1 N–H and O–H groups in total. The van der Waals surface area contributed by atoms with Gasteiger partial charge in [0.1, 0.15) is 17.6 Å². The smallest absolute Gasteiger partial charge is 0.247 e. The van der Waals surface area contributed by atoms with E-state index < -0.39 is 6.04 Å². The number of amides is 2. The largest absolute Gasteiger partial charge is 0.493 e. The van der Waals surface area contributed by atoms with E-state index in [0.29, 0.717) is 37.3 Å². The normalized spacial score (nSPS) is 16.0. The van der Waals surface area contributed by atoms with Crippen LogP contribution in [0.4, 0.5) is 4.39 Å². The summed E-state index contributed by atoms with van der Waals surface area (Å²) >= 11 is 1.55. The zero-order valence-corrected chi connectivity index (χ0v) is 20.3. The summed E-state index contributed by atoms with van der Waals surface area (Å²) in [6, 6.07) is 17.5. The first-order valence-electron chi connectivity index (χ1n) is 11.9. The van der Waals surface area contributed by atoms with Crippen molar-refractivity contribution in [1.82, 2.24) is 10.2 Å². The minimum absolute atomic E-state index is 0.113. The van der Waals surface area contributed by atoms with Crippen molar-refractivity contribution in [2.75, 3.05) is 13.2 Å². The summed E-state index contributed by atoms with van der Waals surface area (Å²) in [5, 5.41) is 4.89. The Kier molecular flexibility index (Phi) is 8.68. The van der Waals surface area contributed by atoms with Gasteiger partial charge in [-0.25, -0.2) is 4.39 Å². The first-order valence-corrected chi connectivity index (χ1v) is 12.7. The molecule has 2 amide bonds. The van der Waals surface area contributed by atoms with Gasteiger partial charge in [0.05, 0.1) is 6.61 Å².